The first-order valence-corrected chi connectivity index (χ1v) is 11.0. The highest BCUT2D eigenvalue weighted by Crippen LogP contribution is 2.26. The summed E-state index contributed by atoms with van der Waals surface area (Å²) in [5, 5.41) is 2.61. The molecule has 0 saturated heterocycles. The minimum absolute atomic E-state index is 0.108. The van der Waals surface area contributed by atoms with Gasteiger partial charge in [-0.05, 0) is 52.6 Å². The summed E-state index contributed by atoms with van der Waals surface area (Å²) in [7, 11) is 0. The molecule has 4 aromatic carbocycles. The normalized spacial score (nSPS) is 10.3. The number of carbonyl (C=O) groups is 3. The molecule has 0 bridgehead atoms. The molecule has 174 valence electrons. The number of carbonyl (C=O) groups excluding carboxylic acids is 3. The molecule has 1 N–H and O–H groups in total. The Morgan fingerprint density at radius 3 is 1.69 bits per heavy atom. The van der Waals surface area contributed by atoms with Crippen molar-refractivity contribution < 1.29 is 23.9 Å². The number of benzene rings is 4. The summed E-state index contributed by atoms with van der Waals surface area (Å²) in [6, 6.07) is 30.6. The van der Waals surface area contributed by atoms with Gasteiger partial charge in [-0.3, -0.25) is 4.79 Å². The summed E-state index contributed by atoms with van der Waals surface area (Å²) >= 11 is 0. The molecule has 0 atom stereocenters. The van der Waals surface area contributed by atoms with Crippen LogP contribution in [0, 0.1) is 0 Å². The third kappa shape index (κ3) is 6.42. The Balaban J connectivity index is 1.62. The zero-order valence-corrected chi connectivity index (χ0v) is 18.8. The largest absolute Gasteiger partial charge is 0.457 e. The van der Waals surface area contributed by atoms with Crippen molar-refractivity contribution in [1.29, 1.82) is 0 Å². The fourth-order valence-electron chi connectivity index (χ4n) is 3.50. The molecular formula is C29H23NO5. The fraction of sp³-hybridized carbons (Fsp3) is 0.0690. The van der Waals surface area contributed by atoms with Crippen LogP contribution in [0.5, 0.6) is 0 Å². The van der Waals surface area contributed by atoms with E-state index in [0.29, 0.717) is 23.2 Å². The number of hydrogen-bond acceptors (Lipinski definition) is 5. The second-order valence-electron chi connectivity index (χ2n) is 7.77. The van der Waals surface area contributed by atoms with Gasteiger partial charge in [0, 0.05) is 5.69 Å². The maximum absolute atomic E-state index is 12.9. The Bertz CT molecular complexity index is 1250. The third-order valence-corrected chi connectivity index (χ3v) is 5.25. The highest BCUT2D eigenvalue weighted by Gasteiger charge is 2.17. The average Bonchev–Trinajstić information content (AvgIpc) is 2.91. The molecule has 0 saturated carbocycles. The molecule has 35 heavy (non-hydrogen) atoms. The van der Waals surface area contributed by atoms with E-state index in [4.69, 9.17) is 9.47 Å². The maximum atomic E-state index is 12.9. The number of hydrogen-bond donors (Lipinski definition) is 1. The van der Waals surface area contributed by atoms with Gasteiger partial charge in [0.15, 0.2) is 0 Å². The highest BCUT2D eigenvalue weighted by atomic mass is 16.5. The quantitative estimate of drug-likeness (QED) is 0.256. The number of amides is 1. The Morgan fingerprint density at radius 1 is 0.629 bits per heavy atom. The number of rotatable bonds is 9. The van der Waals surface area contributed by atoms with E-state index in [2.05, 4.69) is 5.32 Å². The summed E-state index contributed by atoms with van der Waals surface area (Å²) < 4.78 is 11.0. The van der Waals surface area contributed by atoms with Crippen molar-refractivity contribution in [3.8, 4) is 11.1 Å². The second-order valence-corrected chi connectivity index (χ2v) is 7.77. The molecule has 4 aromatic rings. The standard InChI is InChI=1S/C29H23NO5/c31-20-30-27-13-7-12-23(17-27)24-14-25(28(32)34-18-21-8-3-1-4-9-21)16-26(15-24)29(33)35-19-22-10-5-2-6-11-22/h1-17,20H,18-19H2,(H,30,31). The first kappa shape index (κ1) is 23.4. The lowest BCUT2D eigenvalue weighted by Crippen LogP contribution is -2.10. The number of nitrogens with one attached hydrogen (secondary N) is 1. The summed E-state index contributed by atoms with van der Waals surface area (Å²) in [4.78, 5) is 36.6. The van der Waals surface area contributed by atoms with Crippen LogP contribution in [-0.4, -0.2) is 18.3 Å². The van der Waals surface area contributed by atoms with E-state index in [-0.39, 0.29) is 24.3 Å². The first-order valence-electron chi connectivity index (χ1n) is 11.0. The van der Waals surface area contributed by atoms with Gasteiger partial charge in [-0.15, -0.1) is 0 Å². The molecule has 4 rings (SSSR count). The molecule has 6 nitrogen and oxygen atoms in total. The van der Waals surface area contributed by atoms with Crippen LogP contribution in [0.15, 0.2) is 103 Å². The van der Waals surface area contributed by atoms with Gasteiger partial charge in [0.05, 0.1) is 11.1 Å². The summed E-state index contributed by atoms with van der Waals surface area (Å²) in [6.45, 7) is 0.215. The Labute approximate surface area is 203 Å². The molecule has 0 spiro atoms. The van der Waals surface area contributed by atoms with Gasteiger partial charge in [-0.25, -0.2) is 9.59 Å². The molecule has 0 radical (unpaired) electrons. The van der Waals surface area contributed by atoms with E-state index in [1.807, 2.05) is 66.7 Å². The number of esters is 2. The van der Waals surface area contributed by atoms with Crippen molar-refractivity contribution in [2.24, 2.45) is 0 Å². The smallest absolute Gasteiger partial charge is 0.338 e. The minimum Gasteiger partial charge on any atom is -0.457 e. The van der Waals surface area contributed by atoms with Crippen LogP contribution < -0.4 is 5.32 Å². The maximum Gasteiger partial charge on any atom is 0.338 e. The molecule has 0 aliphatic carbocycles. The summed E-state index contributed by atoms with van der Waals surface area (Å²) in [5.74, 6) is -1.12. The average molecular weight is 466 g/mol. The van der Waals surface area contributed by atoms with Crippen molar-refractivity contribution in [1.82, 2.24) is 0 Å². The van der Waals surface area contributed by atoms with E-state index < -0.39 is 11.9 Å². The van der Waals surface area contributed by atoms with Gasteiger partial charge in [0.25, 0.3) is 0 Å². The molecule has 1 amide bonds. The first-order chi connectivity index (χ1) is 17.1. The predicted molar refractivity (Wildman–Crippen MR) is 133 cm³/mol. The lowest BCUT2D eigenvalue weighted by atomic mass is 9.99. The third-order valence-electron chi connectivity index (χ3n) is 5.25. The summed E-state index contributed by atoms with van der Waals surface area (Å²) in [6.07, 6.45) is 0.586. The number of anilines is 1. The van der Waals surface area contributed by atoms with E-state index in [9.17, 15) is 14.4 Å². The van der Waals surface area contributed by atoms with Crippen LogP contribution in [-0.2, 0) is 27.5 Å². The zero-order chi connectivity index (χ0) is 24.5. The van der Waals surface area contributed by atoms with Crippen molar-refractivity contribution in [3.05, 3.63) is 125 Å². The number of ether oxygens (including phenoxy) is 2. The van der Waals surface area contributed by atoms with Crippen LogP contribution in [0.25, 0.3) is 11.1 Å². The van der Waals surface area contributed by atoms with Gasteiger partial charge >= 0.3 is 11.9 Å². The van der Waals surface area contributed by atoms with E-state index in [1.54, 1.807) is 30.3 Å². The van der Waals surface area contributed by atoms with Crippen molar-refractivity contribution in [2.45, 2.75) is 13.2 Å². The minimum atomic E-state index is -0.560. The molecule has 0 aliphatic heterocycles. The molecule has 0 aromatic heterocycles. The lowest BCUT2D eigenvalue weighted by Gasteiger charge is -2.12. The molecule has 0 heterocycles. The fourth-order valence-corrected chi connectivity index (χ4v) is 3.50. The lowest BCUT2D eigenvalue weighted by molar-refractivity contribution is -0.105. The predicted octanol–water partition coefficient (Wildman–Crippen LogP) is 5.64. The van der Waals surface area contributed by atoms with Crippen LogP contribution in [0.1, 0.15) is 31.8 Å². The van der Waals surface area contributed by atoms with Crippen molar-refractivity contribution >= 4 is 24.0 Å². The van der Waals surface area contributed by atoms with Crippen LogP contribution in [0.3, 0.4) is 0 Å². The monoisotopic (exact) mass is 465 g/mol. The van der Waals surface area contributed by atoms with Gasteiger partial charge in [-0.1, -0.05) is 72.8 Å². The second kappa shape index (κ2) is 11.4. The van der Waals surface area contributed by atoms with Crippen LogP contribution >= 0.6 is 0 Å². The van der Waals surface area contributed by atoms with E-state index in [0.717, 1.165) is 11.1 Å². The Hall–Kier alpha value is -4.71. The van der Waals surface area contributed by atoms with Gasteiger partial charge < -0.3 is 14.8 Å². The topological polar surface area (TPSA) is 81.7 Å². The highest BCUT2D eigenvalue weighted by molar-refractivity contribution is 5.97. The molecule has 0 fully saturated rings. The van der Waals surface area contributed by atoms with Gasteiger partial charge in [0.1, 0.15) is 13.2 Å². The van der Waals surface area contributed by atoms with E-state index >= 15 is 0 Å². The van der Waals surface area contributed by atoms with Gasteiger partial charge in [0.2, 0.25) is 6.41 Å². The Kier molecular flexibility index (Phi) is 7.66. The Morgan fingerprint density at radius 2 is 1.17 bits per heavy atom. The molecular weight excluding hydrogens is 442 g/mol. The SMILES string of the molecule is O=CNc1cccc(-c2cc(C(=O)OCc3ccccc3)cc(C(=O)OCc3ccccc3)c2)c1. The van der Waals surface area contributed by atoms with Crippen LogP contribution in [0.2, 0.25) is 0 Å². The van der Waals surface area contributed by atoms with Crippen LogP contribution in [0.4, 0.5) is 5.69 Å². The van der Waals surface area contributed by atoms with Crippen molar-refractivity contribution in [3.63, 3.8) is 0 Å². The molecule has 0 unspecified atom stereocenters. The van der Waals surface area contributed by atoms with E-state index in [1.165, 1.54) is 6.07 Å². The van der Waals surface area contributed by atoms with Gasteiger partial charge in [-0.2, -0.15) is 0 Å². The van der Waals surface area contributed by atoms with Crippen molar-refractivity contribution in [2.75, 3.05) is 5.32 Å². The molecule has 6 heteroatoms. The zero-order valence-electron chi connectivity index (χ0n) is 18.8. The molecule has 0 aliphatic rings. The summed E-state index contributed by atoms with van der Waals surface area (Å²) in [5.41, 5.74) is 4.06.